The summed E-state index contributed by atoms with van der Waals surface area (Å²) in [6.45, 7) is 5.05. The molecule has 3 aromatic carbocycles. The molecule has 14 heteroatoms. The van der Waals surface area contributed by atoms with E-state index in [2.05, 4.69) is 0 Å². The molecule has 0 aromatic heterocycles. The number of aryl methyl sites for hydroxylation is 3. The highest BCUT2D eigenvalue weighted by atomic mass is 35.5. The summed E-state index contributed by atoms with van der Waals surface area (Å²) in [5, 5.41) is 10.6. The maximum Gasteiger partial charge on any atom is 0.258 e. The Morgan fingerprint density at radius 3 is 1.92 bits per heavy atom. The Labute approximate surface area is 292 Å². The number of aromatic hydroxyl groups is 1. The molecule has 4 amide bonds. The molecule has 3 aromatic rings. The van der Waals surface area contributed by atoms with Gasteiger partial charge >= 0.3 is 0 Å². The molecule has 2 heterocycles. The number of benzene rings is 3. The van der Waals surface area contributed by atoms with Crippen LogP contribution in [-0.4, -0.2) is 38.5 Å². The van der Waals surface area contributed by atoms with Gasteiger partial charge in [-0.05, 0) is 73.4 Å². The first kappa shape index (κ1) is 34.2. The zero-order valence-electron chi connectivity index (χ0n) is 26.6. The van der Waals surface area contributed by atoms with Gasteiger partial charge in [0.05, 0.1) is 17.5 Å². The molecular weight excluding hydrogens is 706 g/mol. The van der Waals surface area contributed by atoms with E-state index < -0.39 is 98.2 Å². The number of amides is 4. The minimum absolute atomic E-state index is 0.0168. The quantitative estimate of drug-likeness (QED) is 0.0776. The van der Waals surface area contributed by atoms with Crippen LogP contribution in [0.25, 0.3) is 0 Å². The van der Waals surface area contributed by atoms with Crippen LogP contribution in [0.2, 0.25) is 0 Å². The first-order valence-corrected chi connectivity index (χ1v) is 16.5. The molecule has 2 aliphatic carbocycles. The number of phenols is 1. The average Bonchev–Trinajstić information content (AvgIpc) is 3.43. The molecule has 2 aliphatic heterocycles. The Morgan fingerprint density at radius 1 is 0.800 bits per heavy atom. The van der Waals surface area contributed by atoms with Gasteiger partial charge in [0.1, 0.15) is 11.4 Å². The maximum atomic E-state index is 15.2. The van der Waals surface area contributed by atoms with E-state index in [-0.39, 0.29) is 22.6 Å². The second-order valence-corrected chi connectivity index (χ2v) is 14.5. The lowest BCUT2D eigenvalue weighted by molar-refractivity contribution is -0.125. The number of allylic oxidation sites excluding steroid dienone is 2. The number of phenolic OH excluding ortho intramolecular Hbond substituents is 1. The highest BCUT2D eigenvalue weighted by Gasteiger charge is 2.77. The van der Waals surface area contributed by atoms with Crippen LogP contribution < -0.4 is 9.80 Å². The Bertz CT molecular complexity index is 2060. The molecular formula is C36H27Cl2F5N2O5. The SMILES string of the molecule is CCc1ccc(N2C(=O)C3CC=C4C(CC5(Cl)C(=O)N(c6c(F)c(F)c(F)c(F)c6F)C(=O)C5(Cl)C4c4cc(C)c(O)c(C)c4)C3C2=O)cc1. The molecule has 1 N–H and O–H groups in total. The topological polar surface area (TPSA) is 95.0 Å². The fourth-order valence-corrected chi connectivity index (χ4v) is 9.17. The van der Waals surface area contributed by atoms with Crippen molar-refractivity contribution >= 4 is 58.2 Å². The largest absolute Gasteiger partial charge is 0.507 e. The number of hydrogen-bond donors (Lipinski definition) is 1. The van der Waals surface area contributed by atoms with Crippen molar-refractivity contribution in [2.24, 2.45) is 17.8 Å². The molecule has 7 nitrogen and oxygen atoms in total. The third kappa shape index (κ3) is 4.27. The predicted octanol–water partition coefficient (Wildman–Crippen LogP) is 7.03. The first-order valence-electron chi connectivity index (χ1n) is 15.8. The van der Waals surface area contributed by atoms with Crippen LogP contribution in [0.1, 0.15) is 47.9 Å². The van der Waals surface area contributed by atoms with Gasteiger partial charge in [-0.2, -0.15) is 0 Å². The molecule has 4 aliphatic rings. The van der Waals surface area contributed by atoms with Crippen LogP contribution in [0.5, 0.6) is 5.75 Å². The van der Waals surface area contributed by atoms with Gasteiger partial charge in [0.25, 0.3) is 11.8 Å². The van der Waals surface area contributed by atoms with Gasteiger partial charge in [0.15, 0.2) is 33.0 Å². The van der Waals surface area contributed by atoms with Crippen molar-refractivity contribution in [1.29, 1.82) is 0 Å². The Hall–Kier alpha value is -4.29. The van der Waals surface area contributed by atoms with Gasteiger partial charge in [-0.15, -0.1) is 23.2 Å². The third-order valence-corrected chi connectivity index (χ3v) is 12.1. The van der Waals surface area contributed by atoms with Crippen molar-refractivity contribution in [2.45, 2.75) is 55.7 Å². The summed E-state index contributed by atoms with van der Waals surface area (Å²) in [4.78, 5) is 52.4. The van der Waals surface area contributed by atoms with E-state index >= 15 is 8.78 Å². The van der Waals surface area contributed by atoms with Crippen LogP contribution in [0.4, 0.5) is 33.3 Å². The smallest absolute Gasteiger partial charge is 0.258 e. The molecule has 0 radical (unpaired) electrons. The van der Waals surface area contributed by atoms with Gasteiger partial charge in [0.2, 0.25) is 17.6 Å². The molecule has 3 fully saturated rings. The molecule has 260 valence electrons. The van der Waals surface area contributed by atoms with Crippen molar-refractivity contribution in [3.63, 3.8) is 0 Å². The van der Waals surface area contributed by atoms with E-state index in [1.165, 1.54) is 12.1 Å². The maximum absolute atomic E-state index is 15.2. The summed E-state index contributed by atoms with van der Waals surface area (Å²) in [5.41, 5.74) is 0.629. The summed E-state index contributed by atoms with van der Waals surface area (Å²) in [6, 6.07) is 9.76. The minimum atomic E-state index is -2.64. The zero-order valence-corrected chi connectivity index (χ0v) is 28.1. The number of hydrogen-bond acceptors (Lipinski definition) is 5. The van der Waals surface area contributed by atoms with Gasteiger partial charge in [-0.3, -0.25) is 24.1 Å². The Kier molecular flexibility index (Phi) is 7.76. The van der Waals surface area contributed by atoms with Crippen LogP contribution in [-0.2, 0) is 25.6 Å². The molecule has 6 atom stereocenters. The fraction of sp³-hybridized carbons (Fsp3) is 0.333. The van der Waals surface area contributed by atoms with Crippen molar-refractivity contribution in [3.05, 3.63) is 99.4 Å². The average molecular weight is 734 g/mol. The van der Waals surface area contributed by atoms with Crippen LogP contribution >= 0.6 is 23.2 Å². The predicted molar refractivity (Wildman–Crippen MR) is 172 cm³/mol. The highest BCUT2D eigenvalue weighted by Crippen LogP contribution is 2.66. The second kappa shape index (κ2) is 11.4. The van der Waals surface area contributed by atoms with E-state index in [9.17, 15) is 37.5 Å². The summed E-state index contributed by atoms with van der Waals surface area (Å²) in [6.07, 6.45) is 1.76. The summed E-state index contributed by atoms with van der Waals surface area (Å²) >= 11 is 14.3. The van der Waals surface area contributed by atoms with Gasteiger partial charge in [-0.1, -0.05) is 42.8 Å². The van der Waals surface area contributed by atoms with Crippen molar-refractivity contribution in [1.82, 2.24) is 0 Å². The minimum Gasteiger partial charge on any atom is -0.507 e. The van der Waals surface area contributed by atoms with Crippen LogP contribution in [0.3, 0.4) is 0 Å². The lowest BCUT2D eigenvalue weighted by Gasteiger charge is -2.50. The third-order valence-electron chi connectivity index (χ3n) is 10.7. The number of imide groups is 2. The van der Waals surface area contributed by atoms with Gasteiger partial charge in [0, 0.05) is 5.92 Å². The van der Waals surface area contributed by atoms with E-state index in [1.54, 1.807) is 44.2 Å². The number of carbonyl (C=O) groups excluding carboxylic acids is 4. The first-order chi connectivity index (χ1) is 23.5. The van der Waals surface area contributed by atoms with Crippen molar-refractivity contribution in [2.75, 3.05) is 9.80 Å². The molecule has 6 unspecified atom stereocenters. The van der Waals surface area contributed by atoms with E-state index in [4.69, 9.17) is 23.2 Å². The summed E-state index contributed by atoms with van der Waals surface area (Å²) < 4.78 is 73.4. The number of carbonyl (C=O) groups is 4. The molecule has 1 saturated carbocycles. The monoisotopic (exact) mass is 732 g/mol. The standard InChI is InChI=1S/C36H27Cl2F5N2O5/c1-4-16-5-7-18(8-6-16)44-31(47)20-10-9-19-21(22(20)32(44)48)13-35(37)33(49)45(29-27(42)25(40)24(39)26(41)28(29)43)34(50)36(35,38)23(19)17-11-14(2)30(46)15(3)12-17/h5-9,11-12,20-23,46H,4,10,13H2,1-3H3. The van der Waals surface area contributed by atoms with E-state index in [0.717, 1.165) is 10.5 Å². The number of rotatable bonds is 4. The number of fused-ring (bicyclic) bond motifs is 4. The van der Waals surface area contributed by atoms with Gasteiger partial charge < -0.3 is 5.11 Å². The van der Waals surface area contributed by atoms with Gasteiger partial charge in [-0.25, -0.2) is 26.9 Å². The zero-order chi connectivity index (χ0) is 36.4. The molecule has 7 rings (SSSR count). The summed E-state index contributed by atoms with van der Waals surface area (Å²) in [7, 11) is 0. The Morgan fingerprint density at radius 2 is 1.36 bits per heavy atom. The normalized spacial score (nSPS) is 29.0. The lowest BCUT2D eigenvalue weighted by Crippen LogP contribution is -2.60. The van der Waals surface area contributed by atoms with Crippen molar-refractivity contribution < 1.29 is 46.2 Å². The number of nitrogens with zero attached hydrogens (tertiary/aromatic N) is 2. The molecule has 0 bridgehead atoms. The molecule has 50 heavy (non-hydrogen) atoms. The number of alkyl halides is 2. The van der Waals surface area contributed by atoms with Crippen LogP contribution in [0, 0.1) is 60.7 Å². The highest BCUT2D eigenvalue weighted by molar-refractivity contribution is 6.58. The lowest BCUT2D eigenvalue weighted by atomic mass is 9.56. The van der Waals surface area contributed by atoms with Crippen molar-refractivity contribution in [3.8, 4) is 5.75 Å². The number of anilines is 2. The molecule has 2 saturated heterocycles. The summed E-state index contributed by atoms with van der Waals surface area (Å²) in [5.74, 6) is -21.0. The Balaban J connectivity index is 1.43. The second-order valence-electron chi connectivity index (χ2n) is 13.2. The van der Waals surface area contributed by atoms with Crippen LogP contribution in [0.15, 0.2) is 48.0 Å². The number of halogens is 7. The fourth-order valence-electron chi connectivity index (χ4n) is 8.23. The molecule has 0 spiro atoms. The van der Waals surface area contributed by atoms with E-state index in [0.29, 0.717) is 28.8 Å². The van der Waals surface area contributed by atoms with E-state index in [1.807, 2.05) is 6.92 Å².